The van der Waals surface area contributed by atoms with Crippen LogP contribution < -0.4 is 10.6 Å². The van der Waals surface area contributed by atoms with Crippen LogP contribution in [-0.4, -0.2) is 23.6 Å². The summed E-state index contributed by atoms with van der Waals surface area (Å²) in [4.78, 5) is 23.7. The van der Waals surface area contributed by atoms with Crippen molar-refractivity contribution in [2.45, 2.75) is 45.0 Å². The van der Waals surface area contributed by atoms with Crippen molar-refractivity contribution < 1.29 is 27.5 Å². The van der Waals surface area contributed by atoms with Crippen LogP contribution in [0.4, 0.5) is 23.7 Å². The number of hydrogen-bond donors (Lipinski definition) is 2. The van der Waals surface area contributed by atoms with Crippen molar-refractivity contribution >= 4 is 17.7 Å². The molecule has 1 atom stereocenters. The third-order valence-corrected chi connectivity index (χ3v) is 3.13. The molecule has 0 aromatic heterocycles. The summed E-state index contributed by atoms with van der Waals surface area (Å²) in [6.07, 6.45) is -5.14. The fourth-order valence-corrected chi connectivity index (χ4v) is 2.15. The first kappa shape index (κ1) is 17.1. The largest absolute Gasteiger partial charge is 0.444 e. The van der Waals surface area contributed by atoms with E-state index in [0.29, 0.717) is 5.56 Å². The van der Waals surface area contributed by atoms with Crippen molar-refractivity contribution in [3.8, 4) is 0 Å². The lowest BCUT2D eigenvalue weighted by Crippen LogP contribution is -2.49. The molecule has 1 aliphatic rings. The summed E-state index contributed by atoms with van der Waals surface area (Å²) in [5.41, 5.74) is -0.935. The normalized spacial score (nSPS) is 18.0. The monoisotopic (exact) mass is 330 g/mol. The Bertz CT molecular complexity index is 636. The number of anilines is 1. The van der Waals surface area contributed by atoms with Crippen molar-refractivity contribution in [2.24, 2.45) is 0 Å². The van der Waals surface area contributed by atoms with E-state index < -0.39 is 35.4 Å². The molecule has 0 fully saturated rings. The summed E-state index contributed by atoms with van der Waals surface area (Å²) in [7, 11) is 0. The second-order valence-electron chi connectivity index (χ2n) is 6.26. The number of ether oxygens (including phenoxy) is 1. The van der Waals surface area contributed by atoms with Gasteiger partial charge in [0.1, 0.15) is 11.6 Å². The molecular formula is C15H17F3N2O3. The van der Waals surface area contributed by atoms with Crippen LogP contribution in [0.15, 0.2) is 18.2 Å². The predicted molar refractivity (Wildman–Crippen MR) is 76.9 cm³/mol. The highest BCUT2D eigenvalue weighted by atomic mass is 19.4. The van der Waals surface area contributed by atoms with E-state index in [1.165, 1.54) is 6.07 Å². The molecule has 5 nitrogen and oxygen atoms in total. The standard InChI is InChI=1S/C15H17F3N2O3/c1-14(2,3)23-13(22)20-11-6-8-4-5-9(15(16,17)18)7-10(8)19-12(11)21/h4-5,7,11H,6H2,1-3H3,(H,19,21)(H,20,22)/t11-/m1/s1. The van der Waals surface area contributed by atoms with Crippen LogP contribution in [0, 0.1) is 0 Å². The molecule has 2 N–H and O–H groups in total. The minimum absolute atomic E-state index is 0.0958. The van der Waals surface area contributed by atoms with Crippen molar-refractivity contribution in [3.05, 3.63) is 29.3 Å². The van der Waals surface area contributed by atoms with E-state index in [4.69, 9.17) is 4.74 Å². The SMILES string of the molecule is CC(C)(C)OC(=O)N[C@@H]1Cc2ccc(C(F)(F)F)cc2NC1=O. The number of halogens is 3. The molecule has 1 heterocycles. The second-order valence-corrected chi connectivity index (χ2v) is 6.26. The van der Waals surface area contributed by atoms with Gasteiger partial charge in [0.2, 0.25) is 5.91 Å². The number of hydrogen-bond acceptors (Lipinski definition) is 3. The summed E-state index contributed by atoms with van der Waals surface area (Å²) in [6, 6.07) is 2.23. The molecule has 0 saturated heterocycles. The molecule has 126 valence electrons. The highest BCUT2D eigenvalue weighted by Gasteiger charge is 2.34. The topological polar surface area (TPSA) is 67.4 Å². The lowest BCUT2D eigenvalue weighted by atomic mass is 9.97. The zero-order valence-corrected chi connectivity index (χ0v) is 12.9. The molecule has 8 heteroatoms. The Morgan fingerprint density at radius 3 is 2.52 bits per heavy atom. The van der Waals surface area contributed by atoms with Gasteiger partial charge in [0.25, 0.3) is 0 Å². The Hall–Kier alpha value is -2.25. The quantitative estimate of drug-likeness (QED) is 0.831. The Labute approximate surface area is 131 Å². The fourth-order valence-electron chi connectivity index (χ4n) is 2.15. The molecule has 0 spiro atoms. The Morgan fingerprint density at radius 2 is 1.96 bits per heavy atom. The van der Waals surface area contributed by atoms with Crippen molar-refractivity contribution in [1.82, 2.24) is 5.32 Å². The van der Waals surface area contributed by atoms with Crippen molar-refractivity contribution in [3.63, 3.8) is 0 Å². The molecule has 0 radical (unpaired) electrons. The Kier molecular flexibility index (Phi) is 4.28. The second kappa shape index (κ2) is 5.75. The van der Waals surface area contributed by atoms with Crippen molar-refractivity contribution in [1.29, 1.82) is 0 Å². The zero-order chi connectivity index (χ0) is 17.4. The van der Waals surface area contributed by atoms with Gasteiger partial charge in [0, 0.05) is 12.1 Å². The van der Waals surface area contributed by atoms with Gasteiger partial charge in [0.05, 0.1) is 5.56 Å². The van der Waals surface area contributed by atoms with Crippen LogP contribution in [0.3, 0.4) is 0 Å². The van der Waals surface area contributed by atoms with Crippen LogP contribution in [0.5, 0.6) is 0 Å². The van der Waals surface area contributed by atoms with Gasteiger partial charge in [-0.15, -0.1) is 0 Å². The van der Waals surface area contributed by atoms with Crippen LogP contribution in [0.1, 0.15) is 31.9 Å². The summed E-state index contributed by atoms with van der Waals surface area (Å²) < 4.78 is 43.1. The van der Waals surface area contributed by atoms with E-state index in [1.54, 1.807) is 20.8 Å². The first-order chi connectivity index (χ1) is 10.5. The highest BCUT2D eigenvalue weighted by Crippen LogP contribution is 2.33. The van der Waals surface area contributed by atoms with E-state index in [2.05, 4.69) is 10.6 Å². The molecule has 0 aliphatic carbocycles. The lowest BCUT2D eigenvalue weighted by Gasteiger charge is -2.27. The Morgan fingerprint density at radius 1 is 1.30 bits per heavy atom. The first-order valence-electron chi connectivity index (χ1n) is 6.96. The average molecular weight is 330 g/mol. The lowest BCUT2D eigenvalue weighted by molar-refractivity contribution is -0.137. The van der Waals surface area contributed by atoms with Gasteiger partial charge in [-0.1, -0.05) is 6.07 Å². The van der Waals surface area contributed by atoms with Gasteiger partial charge in [-0.3, -0.25) is 4.79 Å². The number of nitrogens with one attached hydrogen (secondary N) is 2. The van der Waals surface area contributed by atoms with Crippen LogP contribution >= 0.6 is 0 Å². The van der Waals surface area contributed by atoms with E-state index in [1.807, 2.05) is 0 Å². The smallest absolute Gasteiger partial charge is 0.416 e. The fraction of sp³-hybridized carbons (Fsp3) is 0.467. The predicted octanol–water partition coefficient (Wildman–Crippen LogP) is 3.09. The summed E-state index contributed by atoms with van der Waals surface area (Å²) in [5, 5.41) is 4.80. The van der Waals surface area contributed by atoms with Gasteiger partial charge < -0.3 is 15.4 Å². The zero-order valence-electron chi connectivity index (χ0n) is 12.9. The molecule has 0 bridgehead atoms. The molecule has 0 saturated carbocycles. The molecular weight excluding hydrogens is 313 g/mol. The van der Waals surface area contributed by atoms with Crippen LogP contribution in [0.25, 0.3) is 0 Å². The van der Waals surface area contributed by atoms with Crippen molar-refractivity contribution in [2.75, 3.05) is 5.32 Å². The third kappa shape index (κ3) is 4.37. The van der Waals surface area contributed by atoms with E-state index in [0.717, 1.165) is 12.1 Å². The molecule has 2 rings (SSSR count). The van der Waals surface area contributed by atoms with Crippen LogP contribution in [0.2, 0.25) is 0 Å². The van der Waals surface area contributed by atoms with Gasteiger partial charge in [-0.2, -0.15) is 13.2 Å². The number of alkyl carbamates (subject to hydrolysis) is 1. The molecule has 23 heavy (non-hydrogen) atoms. The molecule has 2 amide bonds. The third-order valence-electron chi connectivity index (χ3n) is 3.13. The van der Waals surface area contributed by atoms with E-state index in [9.17, 15) is 22.8 Å². The number of carbonyl (C=O) groups is 2. The van der Waals surface area contributed by atoms with Gasteiger partial charge >= 0.3 is 12.3 Å². The van der Waals surface area contributed by atoms with E-state index >= 15 is 0 Å². The molecule has 1 aliphatic heterocycles. The maximum Gasteiger partial charge on any atom is 0.416 e. The van der Waals surface area contributed by atoms with Gasteiger partial charge in [-0.25, -0.2) is 4.79 Å². The number of fused-ring (bicyclic) bond motifs is 1. The van der Waals surface area contributed by atoms with Crippen LogP contribution in [-0.2, 0) is 22.1 Å². The Balaban J connectivity index is 2.12. The average Bonchev–Trinajstić information content (AvgIpc) is 2.35. The summed E-state index contributed by atoms with van der Waals surface area (Å²) in [6.45, 7) is 5.05. The minimum Gasteiger partial charge on any atom is -0.444 e. The van der Waals surface area contributed by atoms with E-state index in [-0.39, 0.29) is 12.1 Å². The minimum atomic E-state index is -4.48. The first-order valence-corrected chi connectivity index (χ1v) is 6.96. The summed E-state index contributed by atoms with van der Waals surface area (Å²) >= 11 is 0. The molecule has 1 aromatic rings. The maximum atomic E-state index is 12.7. The number of amides is 2. The number of benzene rings is 1. The summed E-state index contributed by atoms with van der Waals surface area (Å²) in [5.74, 6) is -0.581. The molecule has 1 aromatic carbocycles. The molecule has 0 unspecified atom stereocenters. The number of carbonyl (C=O) groups excluding carboxylic acids is 2. The number of alkyl halides is 3. The highest BCUT2D eigenvalue weighted by molar-refractivity contribution is 5.99. The van der Waals surface area contributed by atoms with Gasteiger partial charge in [0.15, 0.2) is 0 Å². The van der Waals surface area contributed by atoms with Gasteiger partial charge in [-0.05, 0) is 38.5 Å². The maximum absolute atomic E-state index is 12.7. The number of rotatable bonds is 1.